The molecule has 0 aliphatic carbocycles. The van der Waals surface area contributed by atoms with E-state index in [-0.39, 0.29) is 18.2 Å². The molecule has 0 saturated heterocycles. The Bertz CT molecular complexity index is 1250. The molecule has 0 saturated carbocycles. The molecule has 2 amide bonds. The van der Waals surface area contributed by atoms with E-state index >= 15 is 0 Å². The molecule has 7 heteroatoms. The third kappa shape index (κ3) is 4.18. The SMILES string of the molecule is N#CCC(=O)Nc1ccc2nc(-c3ccc(NC(=O)c4ccccc4)cc3)[nH]c2c1. The number of aromatic amines is 1. The summed E-state index contributed by atoms with van der Waals surface area (Å²) in [6, 6.07) is 23.5. The van der Waals surface area contributed by atoms with Crippen LogP contribution in [0.2, 0.25) is 0 Å². The summed E-state index contributed by atoms with van der Waals surface area (Å²) in [5.74, 6) is 0.147. The van der Waals surface area contributed by atoms with Gasteiger partial charge in [-0.3, -0.25) is 9.59 Å². The number of imidazole rings is 1. The second-order valence-electron chi connectivity index (χ2n) is 6.60. The van der Waals surface area contributed by atoms with Crippen molar-refractivity contribution in [2.24, 2.45) is 0 Å². The monoisotopic (exact) mass is 395 g/mol. The van der Waals surface area contributed by atoms with E-state index in [9.17, 15) is 9.59 Å². The molecule has 3 N–H and O–H groups in total. The van der Waals surface area contributed by atoms with Gasteiger partial charge in [0, 0.05) is 22.5 Å². The fraction of sp³-hybridized carbons (Fsp3) is 0.0435. The van der Waals surface area contributed by atoms with Gasteiger partial charge < -0.3 is 15.6 Å². The normalized spacial score (nSPS) is 10.4. The summed E-state index contributed by atoms with van der Waals surface area (Å²) in [6.45, 7) is 0. The van der Waals surface area contributed by atoms with Crippen LogP contribution in [-0.4, -0.2) is 21.8 Å². The van der Waals surface area contributed by atoms with E-state index < -0.39 is 0 Å². The third-order valence-electron chi connectivity index (χ3n) is 4.46. The fourth-order valence-corrected chi connectivity index (χ4v) is 3.01. The maximum absolute atomic E-state index is 12.3. The molecule has 0 bridgehead atoms. The quantitative estimate of drug-likeness (QED) is 0.467. The lowest BCUT2D eigenvalue weighted by atomic mass is 10.1. The lowest BCUT2D eigenvalue weighted by Gasteiger charge is -2.06. The molecule has 4 rings (SSSR count). The second-order valence-corrected chi connectivity index (χ2v) is 6.60. The minimum Gasteiger partial charge on any atom is -0.338 e. The first-order chi connectivity index (χ1) is 14.6. The smallest absolute Gasteiger partial charge is 0.255 e. The minimum atomic E-state index is -0.357. The molecule has 0 radical (unpaired) electrons. The van der Waals surface area contributed by atoms with Crippen molar-refractivity contribution in [2.45, 2.75) is 6.42 Å². The zero-order chi connectivity index (χ0) is 20.9. The molecule has 1 heterocycles. The van der Waals surface area contributed by atoms with Crippen molar-refractivity contribution in [1.82, 2.24) is 9.97 Å². The van der Waals surface area contributed by atoms with Gasteiger partial charge in [0.15, 0.2) is 0 Å². The lowest BCUT2D eigenvalue weighted by molar-refractivity contribution is -0.115. The van der Waals surface area contributed by atoms with Crippen molar-refractivity contribution in [3.63, 3.8) is 0 Å². The Balaban J connectivity index is 1.50. The van der Waals surface area contributed by atoms with Crippen LogP contribution in [0.25, 0.3) is 22.4 Å². The molecule has 3 aromatic carbocycles. The minimum absolute atomic E-state index is 0.168. The van der Waals surface area contributed by atoms with Gasteiger partial charge in [-0.15, -0.1) is 0 Å². The van der Waals surface area contributed by atoms with Crippen molar-refractivity contribution in [3.05, 3.63) is 78.4 Å². The van der Waals surface area contributed by atoms with Crippen LogP contribution in [0.1, 0.15) is 16.8 Å². The standard InChI is InChI=1S/C23H17N5O2/c24-13-12-21(29)25-18-10-11-19-20(14-18)28-22(27-19)15-6-8-17(9-7-15)26-23(30)16-4-2-1-3-5-16/h1-11,14H,12H2,(H,25,29)(H,26,30)(H,27,28). The molecule has 7 nitrogen and oxygen atoms in total. The molecule has 1 aromatic heterocycles. The lowest BCUT2D eigenvalue weighted by Crippen LogP contribution is -2.11. The van der Waals surface area contributed by atoms with Crippen molar-refractivity contribution >= 4 is 34.2 Å². The average molecular weight is 395 g/mol. The highest BCUT2D eigenvalue weighted by atomic mass is 16.2. The molecule has 0 aliphatic rings. The summed E-state index contributed by atoms with van der Waals surface area (Å²) in [5, 5.41) is 14.1. The number of fused-ring (bicyclic) bond motifs is 1. The Morgan fingerprint density at radius 1 is 0.933 bits per heavy atom. The van der Waals surface area contributed by atoms with Crippen LogP contribution >= 0.6 is 0 Å². The van der Waals surface area contributed by atoms with Gasteiger partial charge in [-0.25, -0.2) is 4.98 Å². The van der Waals surface area contributed by atoms with Crippen molar-refractivity contribution in [1.29, 1.82) is 5.26 Å². The van der Waals surface area contributed by atoms with E-state index in [1.807, 2.05) is 48.5 Å². The number of carbonyl (C=O) groups excluding carboxylic acids is 2. The fourth-order valence-electron chi connectivity index (χ4n) is 3.01. The van der Waals surface area contributed by atoms with Crippen molar-refractivity contribution in [2.75, 3.05) is 10.6 Å². The van der Waals surface area contributed by atoms with Crippen LogP contribution in [0.15, 0.2) is 72.8 Å². The highest BCUT2D eigenvalue weighted by Crippen LogP contribution is 2.24. The molecule has 0 atom stereocenters. The van der Waals surface area contributed by atoms with Crippen LogP contribution in [-0.2, 0) is 4.79 Å². The number of benzene rings is 3. The predicted octanol–water partition coefficient (Wildman–Crippen LogP) is 4.33. The number of aromatic nitrogens is 2. The number of nitrogens with zero attached hydrogens (tertiary/aromatic N) is 2. The van der Waals surface area contributed by atoms with Gasteiger partial charge in [-0.05, 0) is 54.6 Å². The van der Waals surface area contributed by atoms with Crippen LogP contribution in [0.3, 0.4) is 0 Å². The third-order valence-corrected chi connectivity index (χ3v) is 4.46. The molecule has 0 unspecified atom stereocenters. The summed E-state index contributed by atoms with van der Waals surface area (Å²) in [7, 11) is 0. The van der Waals surface area contributed by atoms with Gasteiger partial charge in [0.25, 0.3) is 5.91 Å². The summed E-state index contributed by atoms with van der Waals surface area (Å²) >= 11 is 0. The largest absolute Gasteiger partial charge is 0.338 e. The zero-order valence-electron chi connectivity index (χ0n) is 15.8. The molecule has 0 aliphatic heterocycles. The maximum Gasteiger partial charge on any atom is 0.255 e. The number of nitriles is 1. The van der Waals surface area contributed by atoms with E-state index in [1.54, 1.807) is 30.3 Å². The first kappa shape index (κ1) is 18.9. The highest BCUT2D eigenvalue weighted by Gasteiger charge is 2.09. The Hall–Kier alpha value is -4.44. The first-order valence-corrected chi connectivity index (χ1v) is 9.26. The highest BCUT2D eigenvalue weighted by molar-refractivity contribution is 6.04. The van der Waals surface area contributed by atoms with E-state index in [2.05, 4.69) is 20.6 Å². The average Bonchev–Trinajstić information content (AvgIpc) is 3.18. The number of hydrogen-bond acceptors (Lipinski definition) is 4. The molecular formula is C23H17N5O2. The summed E-state index contributed by atoms with van der Waals surface area (Å²) in [6.07, 6.45) is -0.195. The zero-order valence-corrected chi connectivity index (χ0v) is 15.8. The number of anilines is 2. The predicted molar refractivity (Wildman–Crippen MR) is 115 cm³/mol. The van der Waals surface area contributed by atoms with E-state index in [0.717, 1.165) is 16.6 Å². The van der Waals surface area contributed by atoms with Gasteiger partial charge in [0.1, 0.15) is 12.2 Å². The summed E-state index contributed by atoms with van der Waals surface area (Å²) < 4.78 is 0. The Labute approximate surface area is 172 Å². The Morgan fingerprint density at radius 3 is 2.40 bits per heavy atom. The molecular weight excluding hydrogens is 378 g/mol. The summed E-state index contributed by atoms with van der Waals surface area (Å²) in [5.41, 5.74) is 4.25. The second kappa shape index (κ2) is 8.29. The number of rotatable bonds is 5. The van der Waals surface area contributed by atoms with Gasteiger partial charge in [-0.2, -0.15) is 5.26 Å². The topological polar surface area (TPSA) is 111 Å². The Morgan fingerprint density at radius 2 is 1.67 bits per heavy atom. The van der Waals surface area contributed by atoms with Gasteiger partial charge in [0.05, 0.1) is 17.1 Å². The van der Waals surface area contributed by atoms with Gasteiger partial charge in [-0.1, -0.05) is 18.2 Å². The van der Waals surface area contributed by atoms with E-state index in [1.165, 1.54) is 0 Å². The number of hydrogen-bond donors (Lipinski definition) is 3. The molecule has 0 spiro atoms. The van der Waals surface area contributed by atoms with Crippen molar-refractivity contribution in [3.8, 4) is 17.5 Å². The molecule has 0 fully saturated rings. The summed E-state index contributed by atoms with van der Waals surface area (Å²) in [4.78, 5) is 31.6. The van der Waals surface area contributed by atoms with Crippen LogP contribution in [0.5, 0.6) is 0 Å². The molecule has 30 heavy (non-hydrogen) atoms. The van der Waals surface area contributed by atoms with Crippen LogP contribution < -0.4 is 10.6 Å². The van der Waals surface area contributed by atoms with Crippen molar-refractivity contribution < 1.29 is 9.59 Å². The molecule has 146 valence electrons. The van der Waals surface area contributed by atoms with Crippen LogP contribution in [0.4, 0.5) is 11.4 Å². The number of H-pyrrole nitrogens is 1. The van der Waals surface area contributed by atoms with Crippen LogP contribution in [0, 0.1) is 11.3 Å². The number of amides is 2. The first-order valence-electron chi connectivity index (χ1n) is 9.26. The molecule has 4 aromatic rings. The number of carbonyl (C=O) groups is 2. The maximum atomic E-state index is 12.3. The van der Waals surface area contributed by atoms with E-state index in [0.29, 0.717) is 22.8 Å². The van der Waals surface area contributed by atoms with Gasteiger partial charge in [0.2, 0.25) is 5.91 Å². The van der Waals surface area contributed by atoms with E-state index in [4.69, 9.17) is 5.26 Å². The van der Waals surface area contributed by atoms with Gasteiger partial charge >= 0.3 is 0 Å². The Kier molecular flexibility index (Phi) is 5.22. The number of nitrogens with one attached hydrogen (secondary N) is 3.